The molecular weight excluding hydrogens is 646 g/mol. The van der Waals surface area contributed by atoms with Gasteiger partial charge in [-0.05, 0) is 48.7 Å². The quantitative estimate of drug-likeness (QED) is 0.194. The molecule has 7 rings (SSSR count). The zero-order valence-corrected chi connectivity index (χ0v) is 27.1. The first-order valence-electron chi connectivity index (χ1n) is 15.5. The van der Waals surface area contributed by atoms with E-state index in [1.54, 1.807) is 52.1 Å². The van der Waals surface area contributed by atoms with Crippen molar-refractivity contribution >= 4 is 23.2 Å². The summed E-state index contributed by atoms with van der Waals surface area (Å²) in [6, 6.07) is 15.6. The predicted octanol–water partition coefficient (Wildman–Crippen LogP) is 3.26. The minimum absolute atomic E-state index is 0.179. The van der Waals surface area contributed by atoms with E-state index in [1.807, 2.05) is 31.2 Å². The van der Waals surface area contributed by atoms with Crippen molar-refractivity contribution in [1.29, 1.82) is 0 Å². The van der Waals surface area contributed by atoms with Gasteiger partial charge in [0.2, 0.25) is 11.8 Å². The molecule has 2 unspecified atom stereocenters. The van der Waals surface area contributed by atoms with Crippen molar-refractivity contribution in [3.63, 3.8) is 0 Å². The summed E-state index contributed by atoms with van der Waals surface area (Å²) in [5.41, 5.74) is 22.3. The van der Waals surface area contributed by atoms with Crippen LogP contribution in [-0.4, -0.2) is 50.2 Å². The summed E-state index contributed by atoms with van der Waals surface area (Å²) in [5.74, 6) is -1.91. The number of rotatable bonds is 5. The number of hydrogen-bond donors (Lipinski definition) is 4. The number of anilines is 1. The number of carbonyl (C=O) groups is 1. The van der Waals surface area contributed by atoms with E-state index in [9.17, 15) is 9.59 Å². The molecule has 0 aliphatic carbocycles. The third-order valence-electron chi connectivity index (χ3n) is 8.44. The highest BCUT2D eigenvalue weighted by atomic mass is 35.5. The van der Waals surface area contributed by atoms with Gasteiger partial charge in [-0.25, -0.2) is 24.3 Å². The van der Waals surface area contributed by atoms with Crippen LogP contribution in [0.3, 0.4) is 0 Å². The minimum atomic E-state index is -1.84. The van der Waals surface area contributed by atoms with Gasteiger partial charge in [-0.3, -0.25) is 31.4 Å². The molecule has 2 aromatic carbocycles. The standard InChI is InChI=1S/C33H32ClN13O2/c1-19-5-2-8-27(20-6-3-7-21(13-20)30-25(42-32(19)49)16-41-47(30)33(35,36)37)45-18-40-24(15-29(45)48)23-14-22(34)9-10-28(23)46-17-26(43-44-46)31-38-11-4-12-39-31/h3-4,6-7,9-19,27H,2,5,8,35-37H2,1H3,(H,42,49). The Hall–Kier alpha value is -5.61. The second kappa shape index (κ2) is 12.8. The molecule has 49 heavy (non-hydrogen) atoms. The summed E-state index contributed by atoms with van der Waals surface area (Å²) in [6.07, 6.45) is 9.77. The van der Waals surface area contributed by atoms with Crippen LogP contribution in [0.5, 0.6) is 0 Å². The number of amides is 1. The third kappa shape index (κ3) is 6.35. The van der Waals surface area contributed by atoms with Crippen LogP contribution in [0.15, 0.2) is 90.5 Å². The molecular formula is C33H32ClN13O2. The molecule has 0 spiro atoms. The monoisotopic (exact) mass is 677 g/mol. The fourth-order valence-corrected chi connectivity index (χ4v) is 6.17. The van der Waals surface area contributed by atoms with E-state index in [0.717, 1.165) is 5.56 Å². The highest BCUT2D eigenvalue weighted by Crippen LogP contribution is 2.35. The fourth-order valence-electron chi connectivity index (χ4n) is 6.00. The van der Waals surface area contributed by atoms with Gasteiger partial charge < -0.3 is 5.32 Å². The summed E-state index contributed by atoms with van der Waals surface area (Å²) in [7, 11) is 0. The molecule has 2 bridgehead atoms. The van der Waals surface area contributed by atoms with E-state index < -0.39 is 12.0 Å². The van der Waals surface area contributed by atoms with E-state index in [0.29, 0.717) is 69.7 Å². The first-order valence-corrected chi connectivity index (χ1v) is 15.9. The summed E-state index contributed by atoms with van der Waals surface area (Å²) >= 11 is 6.43. The van der Waals surface area contributed by atoms with Gasteiger partial charge in [0, 0.05) is 40.5 Å². The second-order valence-corrected chi connectivity index (χ2v) is 12.4. The summed E-state index contributed by atoms with van der Waals surface area (Å²) in [6.45, 7) is 1.86. The number of hydrogen-bond acceptors (Lipinski definition) is 11. The maximum Gasteiger partial charge on any atom is 0.254 e. The summed E-state index contributed by atoms with van der Waals surface area (Å²) in [5, 5.41) is 16.2. The molecule has 0 saturated heterocycles. The van der Waals surface area contributed by atoms with Crippen LogP contribution < -0.4 is 28.1 Å². The maximum absolute atomic E-state index is 14.0. The number of carbonyl (C=O) groups excluding carboxylic acids is 1. The van der Waals surface area contributed by atoms with Gasteiger partial charge in [-0.15, -0.1) is 5.10 Å². The van der Waals surface area contributed by atoms with Crippen LogP contribution in [0.1, 0.15) is 37.8 Å². The van der Waals surface area contributed by atoms with Gasteiger partial charge in [-0.1, -0.05) is 48.4 Å². The minimum Gasteiger partial charge on any atom is -0.323 e. The van der Waals surface area contributed by atoms with Gasteiger partial charge in [0.05, 0.1) is 47.5 Å². The van der Waals surface area contributed by atoms with Crippen molar-refractivity contribution in [3.05, 3.63) is 107 Å². The van der Waals surface area contributed by atoms with E-state index in [4.69, 9.17) is 33.8 Å². The van der Waals surface area contributed by atoms with Gasteiger partial charge >= 0.3 is 0 Å². The molecule has 5 heterocycles. The fraction of sp³-hybridized carbons (Fsp3) is 0.212. The molecule has 16 heteroatoms. The molecule has 1 aliphatic heterocycles. The topological polar surface area (TPSA) is 216 Å². The predicted molar refractivity (Wildman–Crippen MR) is 183 cm³/mol. The lowest BCUT2D eigenvalue weighted by Crippen LogP contribution is -2.60. The van der Waals surface area contributed by atoms with E-state index in [2.05, 4.69) is 30.7 Å². The Morgan fingerprint density at radius 1 is 0.959 bits per heavy atom. The Morgan fingerprint density at radius 3 is 2.55 bits per heavy atom. The first kappa shape index (κ1) is 32.0. The van der Waals surface area contributed by atoms with Crippen molar-refractivity contribution in [2.45, 2.75) is 38.1 Å². The molecule has 6 aromatic rings. The zero-order chi connectivity index (χ0) is 34.3. The number of nitrogens with zero attached hydrogens (tertiary/aromatic N) is 9. The molecule has 1 amide bonds. The molecule has 4 aromatic heterocycles. The van der Waals surface area contributed by atoms with Gasteiger partial charge in [0.1, 0.15) is 0 Å². The Bertz CT molecular complexity index is 2220. The normalized spacial score (nSPS) is 16.7. The van der Waals surface area contributed by atoms with Crippen LogP contribution in [0, 0.1) is 5.92 Å². The van der Waals surface area contributed by atoms with E-state index >= 15 is 0 Å². The van der Waals surface area contributed by atoms with E-state index in [-0.39, 0.29) is 17.4 Å². The Labute approximate surface area is 284 Å². The molecule has 0 radical (unpaired) electrons. The second-order valence-electron chi connectivity index (χ2n) is 12.0. The molecule has 0 fully saturated rings. The number of nitrogens with one attached hydrogen (secondary N) is 1. The molecule has 2 atom stereocenters. The molecule has 1 aliphatic rings. The van der Waals surface area contributed by atoms with Crippen LogP contribution >= 0.6 is 11.6 Å². The number of nitrogens with two attached hydrogens (primary N) is 3. The Morgan fingerprint density at radius 2 is 1.78 bits per heavy atom. The van der Waals surface area contributed by atoms with Crippen molar-refractivity contribution in [2.75, 3.05) is 5.32 Å². The average molecular weight is 678 g/mol. The largest absolute Gasteiger partial charge is 0.323 e. The summed E-state index contributed by atoms with van der Waals surface area (Å²) < 4.78 is 4.43. The number of benzene rings is 2. The number of halogens is 1. The Kier molecular flexibility index (Phi) is 8.33. The van der Waals surface area contributed by atoms with Crippen LogP contribution in [0.25, 0.3) is 39.7 Å². The van der Waals surface area contributed by atoms with Crippen molar-refractivity contribution in [1.82, 2.24) is 44.3 Å². The van der Waals surface area contributed by atoms with Gasteiger partial charge in [-0.2, -0.15) is 5.10 Å². The van der Waals surface area contributed by atoms with Gasteiger partial charge in [0.15, 0.2) is 11.5 Å². The molecule has 248 valence electrons. The Balaban J connectivity index is 1.29. The maximum atomic E-state index is 14.0. The van der Waals surface area contributed by atoms with E-state index in [1.165, 1.54) is 23.3 Å². The summed E-state index contributed by atoms with van der Waals surface area (Å²) in [4.78, 5) is 40.4. The lowest BCUT2D eigenvalue weighted by atomic mass is 9.94. The number of aromatic nitrogens is 9. The number of fused-ring (bicyclic) bond motifs is 4. The van der Waals surface area contributed by atoms with Gasteiger partial charge in [0.25, 0.3) is 5.56 Å². The molecule has 7 N–H and O–H groups in total. The van der Waals surface area contributed by atoms with Crippen molar-refractivity contribution in [3.8, 4) is 39.7 Å². The molecule has 0 saturated carbocycles. The van der Waals surface area contributed by atoms with Crippen LogP contribution in [-0.2, 0) is 10.7 Å². The lowest BCUT2D eigenvalue weighted by molar-refractivity contribution is -0.119. The SMILES string of the molecule is CC1CCCC(n2cnc(-c3cc(Cl)ccc3-n3cc(-c4ncccn4)nn3)cc2=O)c2cccc(c2)-c2c(cnn2C(N)(N)N)NC1=O. The van der Waals surface area contributed by atoms with Crippen LogP contribution in [0.2, 0.25) is 5.02 Å². The molecule has 15 nitrogen and oxygen atoms in total. The first-order chi connectivity index (χ1) is 23.6. The van der Waals surface area contributed by atoms with Crippen molar-refractivity contribution < 1.29 is 4.79 Å². The third-order valence-corrected chi connectivity index (χ3v) is 8.68. The highest BCUT2D eigenvalue weighted by Gasteiger charge is 2.28. The highest BCUT2D eigenvalue weighted by molar-refractivity contribution is 6.31. The average Bonchev–Trinajstić information content (AvgIpc) is 3.75. The van der Waals surface area contributed by atoms with Crippen molar-refractivity contribution in [2.24, 2.45) is 23.1 Å². The van der Waals surface area contributed by atoms with Crippen LogP contribution in [0.4, 0.5) is 5.69 Å². The zero-order valence-electron chi connectivity index (χ0n) is 26.3. The lowest BCUT2D eigenvalue weighted by Gasteiger charge is -2.25. The smallest absolute Gasteiger partial charge is 0.254 e.